The zero-order valence-electron chi connectivity index (χ0n) is 15.3. The van der Waals surface area contributed by atoms with Crippen molar-refractivity contribution in [2.75, 3.05) is 6.61 Å². The molecule has 7 nitrogen and oxygen atoms in total. The van der Waals surface area contributed by atoms with Gasteiger partial charge in [0, 0.05) is 0 Å². The van der Waals surface area contributed by atoms with E-state index < -0.39 is 20.8 Å². The molecule has 0 aliphatic carbocycles. The van der Waals surface area contributed by atoms with Gasteiger partial charge in [0.05, 0.1) is 6.61 Å². The molecule has 25 heavy (non-hydrogen) atoms. The van der Waals surface area contributed by atoms with E-state index in [1.807, 2.05) is 0 Å². The Kier molecular flexibility index (Phi) is 14.3. The van der Waals surface area contributed by atoms with Crippen molar-refractivity contribution in [2.45, 2.75) is 90.4 Å². The zero-order chi connectivity index (χ0) is 19.2. The first kappa shape index (κ1) is 25.1. The van der Waals surface area contributed by atoms with Crippen LogP contribution in [-0.2, 0) is 9.09 Å². The molecule has 1 atom stereocenters. The van der Waals surface area contributed by atoms with Crippen LogP contribution in [0.3, 0.4) is 0 Å². The third-order valence-electron chi connectivity index (χ3n) is 4.01. The predicted molar refractivity (Wildman–Crippen MR) is 100 cm³/mol. The van der Waals surface area contributed by atoms with E-state index in [4.69, 9.17) is 14.7 Å². The van der Waals surface area contributed by atoms with Crippen LogP contribution in [-0.4, -0.2) is 31.4 Å². The summed E-state index contributed by atoms with van der Waals surface area (Å²) in [6.45, 7) is 2.09. The minimum atomic E-state index is -4.99. The second kappa shape index (κ2) is 14.2. The maximum Gasteiger partial charge on any atom is 0.492 e. The number of carbonyl (C=O) groups is 1. The summed E-state index contributed by atoms with van der Waals surface area (Å²) in [5, 5.41) is -1.92. The van der Waals surface area contributed by atoms with Gasteiger partial charge in [-0.1, -0.05) is 84.0 Å². The lowest BCUT2D eigenvalue weighted by atomic mass is 10.0. The summed E-state index contributed by atoms with van der Waals surface area (Å²) in [7, 11) is -9.82. The molecule has 0 fully saturated rings. The first-order valence-corrected chi connectivity index (χ1v) is 12.5. The molecule has 0 aliphatic rings. The minimum absolute atomic E-state index is 0.128. The number of unbranched alkanes of at least 4 members (excludes halogenated alkanes) is 12. The molecular weight excluding hydrogens is 366 g/mol. The summed E-state index contributed by atoms with van der Waals surface area (Å²) in [5.41, 5.74) is 0. The first-order valence-electron chi connectivity index (χ1n) is 9.31. The van der Waals surface area contributed by atoms with Crippen LogP contribution in [0.25, 0.3) is 0 Å². The van der Waals surface area contributed by atoms with Gasteiger partial charge in [-0.2, -0.15) is 14.7 Å². The van der Waals surface area contributed by atoms with Crippen molar-refractivity contribution >= 4 is 20.8 Å². The van der Waals surface area contributed by atoms with Crippen LogP contribution in [0.2, 0.25) is 0 Å². The van der Waals surface area contributed by atoms with Crippen LogP contribution >= 0.6 is 15.5 Å². The van der Waals surface area contributed by atoms with E-state index in [9.17, 15) is 14.3 Å². The molecule has 150 valence electrons. The summed E-state index contributed by atoms with van der Waals surface area (Å²) >= 11 is 0. The van der Waals surface area contributed by atoms with Gasteiger partial charge in [-0.15, -0.1) is 0 Å². The van der Waals surface area contributed by atoms with Gasteiger partial charge in [0.25, 0.3) is 0 Å². The Labute approximate surface area is 151 Å². The largest absolute Gasteiger partial charge is 0.492 e. The van der Waals surface area contributed by atoms with Crippen LogP contribution < -0.4 is 0 Å². The summed E-state index contributed by atoms with van der Waals surface area (Å²) in [4.78, 5) is 46.4. The van der Waals surface area contributed by atoms with Crippen LogP contribution in [0.5, 0.6) is 0 Å². The molecule has 0 spiro atoms. The molecule has 9 heteroatoms. The van der Waals surface area contributed by atoms with Gasteiger partial charge in [-0.05, 0) is 6.42 Å². The molecule has 1 unspecified atom stereocenters. The van der Waals surface area contributed by atoms with Crippen LogP contribution in [0, 0.1) is 0 Å². The second-order valence-electron chi connectivity index (χ2n) is 6.45. The molecule has 0 aromatic rings. The van der Waals surface area contributed by atoms with E-state index in [-0.39, 0.29) is 6.61 Å². The minimum Gasteiger partial charge on any atom is -0.316 e. The Morgan fingerprint density at radius 3 is 1.52 bits per heavy atom. The summed E-state index contributed by atoms with van der Waals surface area (Å²) in [6, 6.07) is 0. The number of rotatable bonds is 17. The predicted octanol–water partition coefficient (Wildman–Crippen LogP) is 5.14. The number of hydrogen-bond donors (Lipinski definition) is 4. The van der Waals surface area contributed by atoms with Gasteiger partial charge >= 0.3 is 20.8 Å². The monoisotopic (exact) mass is 401 g/mol. The highest BCUT2D eigenvalue weighted by atomic mass is 31.3. The third-order valence-corrected chi connectivity index (χ3v) is 7.11. The maximum atomic E-state index is 11.4. The Morgan fingerprint density at radius 1 is 0.800 bits per heavy atom. The Morgan fingerprint density at radius 2 is 1.16 bits per heavy atom. The quantitative estimate of drug-likeness (QED) is 0.196. The third kappa shape index (κ3) is 13.9. The van der Waals surface area contributed by atoms with Crippen molar-refractivity contribution in [1.29, 1.82) is 0 Å². The van der Waals surface area contributed by atoms with Gasteiger partial charge in [-0.25, -0.2) is 9.36 Å². The van der Waals surface area contributed by atoms with Crippen molar-refractivity contribution in [3.05, 3.63) is 0 Å². The van der Waals surface area contributed by atoms with Crippen molar-refractivity contribution < 1.29 is 33.5 Å². The van der Waals surface area contributed by atoms with E-state index >= 15 is 0 Å². The van der Waals surface area contributed by atoms with Gasteiger partial charge in [0.15, 0.2) is 0 Å². The van der Waals surface area contributed by atoms with Crippen molar-refractivity contribution in [2.24, 2.45) is 0 Å². The second-order valence-corrected chi connectivity index (χ2v) is 10.0. The topological polar surface area (TPSA) is 124 Å². The van der Waals surface area contributed by atoms with E-state index in [0.717, 1.165) is 19.3 Å². The smallest absolute Gasteiger partial charge is 0.316 e. The van der Waals surface area contributed by atoms with Crippen molar-refractivity contribution in [1.82, 2.24) is 0 Å². The molecule has 0 saturated carbocycles. The van der Waals surface area contributed by atoms with Crippen molar-refractivity contribution in [3.8, 4) is 0 Å². The van der Waals surface area contributed by atoms with E-state index in [0.29, 0.717) is 6.42 Å². The van der Waals surface area contributed by atoms with Gasteiger partial charge in [-0.3, -0.25) is 0 Å². The molecule has 0 aromatic carbocycles. The zero-order valence-corrected chi connectivity index (χ0v) is 17.1. The lowest BCUT2D eigenvalue weighted by Crippen LogP contribution is -2.07. The molecule has 0 rings (SSSR count). The van der Waals surface area contributed by atoms with Gasteiger partial charge in [0.1, 0.15) is 0 Å². The number of carbonyl (C=O) groups excluding carboxylic acids is 1. The maximum absolute atomic E-state index is 11.4. The molecule has 0 saturated heterocycles. The molecule has 0 amide bonds. The fraction of sp³-hybridized carbons (Fsp3) is 0.938. The van der Waals surface area contributed by atoms with Gasteiger partial charge < -0.3 is 9.42 Å². The molecule has 4 N–H and O–H groups in total. The average Bonchev–Trinajstić information content (AvgIpc) is 2.53. The lowest BCUT2D eigenvalue weighted by Gasteiger charge is -2.09. The molecule has 0 radical (unpaired) electrons. The lowest BCUT2D eigenvalue weighted by molar-refractivity contribution is 0.229. The van der Waals surface area contributed by atoms with E-state index in [1.54, 1.807) is 0 Å². The molecule has 0 heterocycles. The Hall–Kier alpha value is 0.130. The highest BCUT2D eigenvalue weighted by molar-refractivity contribution is 8.00. The molecule has 0 bridgehead atoms. The summed E-state index contributed by atoms with van der Waals surface area (Å²) < 4.78 is 15.9. The normalized spacial score (nSPS) is 14.4. The average molecular weight is 401 g/mol. The standard InChI is InChI=1S/C16H34O7P2/c1-2-3-4-5-6-7-8-9-10-11-12-13-14-15-23-25(21,22)16(17)24(18,19)20/h18-20H,2-15H2,1H3/p+1. The molecule has 0 aromatic heterocycles. The highest BCUT2D eigenvalue weighted by Crippen LogP contribution is 2.62. The van der Waals surface area contributed by atoms with E-state index in [2.05, 4.69) is 11.4 Å². The fourth-order valence-electron chi connectivity index (χ4n) is 2.53. The highest BCUT2D eigenvalue weighted by Gasteiger charge is 2.56. The van der Waals surface area contributed by atoms with Crippen LogP contribution in [0.4, 0.5) is 4.79 Å². The summed E-state index contributed by atoms with van der Waals surface area (Å²) in [5.74, 6) is 0. The fourth-order valence-corrected chi connectivity index (χ4v) is 4.55. The van der Waals surface area contributed by atoms with Crippen LogP contribution in [0.1, 0.15) is 90.4 Å². The SMILES string of the molecule is CCCCCCCCCCCCCCCOP(=O)(O)C(=O)[P+](O)(O)O. The van der Waals surface area contributed by atoms with Crippen molar-refractivity contribution in [3.63, 3.8) is 0 Å². The molecular formula is C16H35O7P2+. The first-order chi connectivity index (χ1) is 11.7. The Bertz CT molecular complexity index is 396. The Balaban J connectivity index is 3.45. The number of hydrogen-bond acceptors (Lipinski definition) is 6. The van der Waals surface area contributed by atoms with E-state index in [1.165, 1.54) is 57.8 Å². The molecule has 0 aliphatic heterocycles. The van der Waals surface area contributed by atoms with Gasteiger partial charge in [0.2, 0.25) is 0 Å². The summed E-state index contributed by atoms with van der Waals surface area (Å²) in [6.07, 6.45) is 15.0. The van der Waals surface area contributed by atoms with Crippen LogP contribution in [0.15, 0.2) is 0 Å².